The zero-order chi connectivity index (χ0) is 8.97. The fourth-order valence-electron chi connectivity index (χ4n) is 0.673. The van der Waals surface area contributed by atoms with Gasteiger partial charge in [0.1, 0.15) is 0 Å². The molecule has 2 nitrogen and oxygen atoms in total. The van der Waals surface area contributed by atoms with E-state index in [0.29, 0.717) is 0 Å². The van der Waals surface area contributed by atoms with Crippen molar-refractivity contribution >= 4 is 33.7 Å². The van der Waals surface area contributed by atoms with Crippen molar-refractivity contribution in [2.45, 2.75) is 4.90 Å². The van der Waals surface area contributed by atoms with Crippen molar-refractivity contribution < 1.29 is 39.5 Å². The van der Waals surface area contributed by atoms with Crippen molar-refractivity contribution in [1.29, 1.82) is 0 Å². The van der Waals surface area contributed by atoms with Crippen LogP contribution in [0.3, 0.4) is 0 Å². The van der Waals surface area contributed by atoms with Gasteiger partial charge in [0.15, 0.2) is 0 Å². The number of thioether (sulfide) groups is 1. The molecular formula is C8H6BrNaO2S. The van der Waals surface area contributed by atoms with Crippen LogP contribution in [0.2, 0.25) is 0 Å². The number of aliphatic carboxylic acids is 1. The van der Waals surface area contributed by atoms with Crippen LogP contribution in [0.1, 0.15) is 0 Å². The fourth-order valence-corrected chi connectivity index (χ4v) is 1.55. The number of hydrogen-bond donors (Lipinski definition) is 0. The summed E-state index contributed by atoms with van der Waals surface area (Å²) in [5, 5.41) is 10.1. The molecule has 0 atom stereocenters. The van der Waals surface area contributed by atoms with Crippen molar-refractivity contribution in [2.24, 2.45) is 0 Å². The SMILES string of the molecule is O=C([O-])CSc1ccc(Br)cc1.[Na+]. The van der Waals surface area contributed by atoms with Gasteiger partial charge in [-0.3, -0.25) is 0 Å². The summed E-state index contributed by atoms with van der Waals surface area (Å²) in [6.07, 6.45) is 0. The minimum Gasteiger partial charge on any atom is -0.549 e. The molecule has 64 valence electrons. The number of halogens is 1. The Labute approximate surface area is 112 Å². The zero-order valence-electron chi connectivity index (χ0n) is 7.12. The zero-order valence-corrected chi connectivity index (χ0v) is 11.5. The molecule has 0 aliphatic rings. The largest absolute Gasteiger partial charge is 1.00 e. The molecule has 0 saturated carbocycles. The topological polar surface area (TPSA) is 40.1 Å². The average molecular weight is 269 g/mol. The Kier molecular flexibility index (Phi) is 7.17. The number of carbonyl (C=O) groups excluding carboxylic acids is 1. The Hall–Kier alpha value is 0.520. The van der Waals surface area contributed by atoms with Gasteiger partial charge in [-0.2, -0.15) is 0 Å². The second-order valence-corrected chi connectivity index (χ2v) is 4.08. The van der Waals surface area contributed by atoms with Crippen molar-refractivity contribution in [2.75, 3.05) is 5.75 Å². The van der Waals surface area contributed by atoms with Crippen LogP contribution in [-0.4, -0.2) is 11.7 Å². The number of benzene rings is 1. The Balaban J connectivity index is 0.00000144. The Morgan fingerprint density at radius 1 is 1.38 bits per heavy atom. The monoisotopic (exact) mass is 268 g/mol. The van der Waals surface area contributed by atoms with Crippen LogP contribution in [0.25, 0.3) is 0 Å². The van der Waals surface area contributed by atoms with Crippen LogP contribution >= 0.6 is 27.7 Å². The molecule has 0 aliphatic heterocycles. The molecule has 0 amide bonds. The molecule has 5 heteroatoms. The first kappa shape index (κ1) is 13.5. The number of carboxylic acid groups (broad SMARTS) is 1. The van der Waals surface area contributed by atoms with Crippen LogP contribution in [0.5, 0.6) is 0 Å². The molecule has 0 saturated heterocycles. The fraction of sp³-hybridized carbons (Fsp3) is 0.125. The van der Waals surface area contributed by atoms with Crippen LogP contribution < -0.4 is 34.7 Å². The van der Waals surface area contributed by atoms with Gasteiger partial charge in [0.25, 0.3) is 0 Å². The first-order valence-corrected chi connectivity index (χ1v) is 5.04. The second-order valence-electron chi connectivity index (χ2n) is 2.11. The Bertz CT molecular complexity index is 276. The molecule has 0 unspecified atom stereocenters. The van der Waals surface area contributed by atoms with Crippen molar-refractivity contribution in [1.82, 2.24) is 0 Å². The van der Waals surface area contributed by atoms with E-state index in [9.17, 15) is 9.90 Å². The molecule has 0 aliphatic carbocycles. The Morgan fingerprint density at radius 2 is 1.92 bits per heavy atom. The normalized spacial score (nSPS) is 9.00. The van der Waals surface area contributed by atoms with Gasteiger partial charge in [0, 0.05) is 15.1 Å². The van der Waals surface area contributed by atoms with Gasteiger partial charge in [-0.1, -0.05) is 15.9 Å². The maximum Gasteiger partial charge on any atom is 1.00 e. The number of hydrogen-bond acceptors (Lipinski definition) is 3. The molecule has 0 fully saturated rings. The van der Waals surface area contributed by atoms with Gasteiger partial charge in [0.2, 0.25) is 0 Å². The summed E-state index contributed by atoms with van der Waals surface area (Å²) >= 11 is 4.54. The molecular weight excluding hydrogens is 263 g/mol. The third-order valence-electron chi connectivity index (χ3n) is 1.17. The van der Waals surface area contributed by atoms with Gasteiger partial charge in [-0.05, 0) is 24.3 Å². The van der Waals surface area contributed by atoms with Crippen molar-refractivity contribution in [3.63, 3.8) is 0 Å². The number of rotatable bonds is 3. The minimum absolute atomic E-state index is 0. The predicted octanol–water partition coefficient (Wildman–Crippen LogP) is -1.70. The van der Waals surface area contributed by atoms with Crippen LogP contribution in [0, 0.1) is 0 Å². The number of carboxylic acids is 1. The maximum atomic E-state index is 10.1. The van der Waals surface area contributed by atoms with Crippen molar-refractivity contribution in [3.8, 4) is 0 Å². The first-order chi connectivity index (χ1) is 5.68. The summed E-state index contributed by atoms with van der Waals surface area (Å²) in [4.78, 5) is 11.0. The molecule has 1 rings (SSSR count). The van der Waals surface area contributed by atoms with E-state index in [1.807, 2.05) is 24.3 Å². The summed E-state index contributed by atoms with van der Waals surface area (Å²) in [7, 11) is 0. The summed E-state index contributed by atoms with van der Waals surface area (Å²) < 4.78 is 0.986. The van der Waals surface area contributed by atoms with E-state index in [2.05, 4.69) is 15.9 Å². The van der Waals surface area contributed by atoms with E-state index >= 15 is 0 Å². The molecule has 13 heavy (non-hydrogen) atoms. The molecule has 1 aromatic rings. The van der Waals surface area contributed by atoms with E-state index in [1.54, 1.807) is 0 Å². The molecule has 0 N–H and O–H groups in total. The molecule has 1 aromatic carbocycles. The quantitative estimate of drug-likeness (QED) is 0.485. The third kappa shape index (κ3) is 5.75. The van der Waals surface area contributed by atoms with Crippen LogP contribution in [0.4, 0.5) is 0 Å². The van der Waals surface area contributed by atoms with Crippen molar-refractivity contribution in [3.05, 3.63) is 28.7 Å². The van der Waals surface area contributed by atoms with E-state index in [0.717, 1.165) is 9.37 Å². The molecule has 0 bridgehead atoms. The van der Waals surface area contributed by atoms with E-state index in [-0.39, 0.29) is 35.3 Å². The Morgan fingerprint density at radius 3 is 2.38 bits per heavy atom. The second kappa shape index (κ2) is 6.90. The predicted molar refractivity (Wildman–Crippen MR) is 49.9 cm³/mol. The van der Waals surface area contributed by atoms with E-state index in [4.69, 9.17) is 0 Å². The summed E-state index contributed by atoms with van der Waals surface area (Å²) in [5.74, 6) is -1.04. The standard InChI is InChI=1S/C8H7BrO2S.Na/c9-6-1-3-7(4-2-6)12-5-8(10)11;/h1-4H,5H2,(H,10,11);/q;+1/p-1. The molecule has 0 aromatic heterocycles. The summed E-state index contributed by atoms with van der Waals surface area (Å²) in [6.45, 7) is 0. The van der Waals surface area contributed by atoms with Gasteiger partial charge in [-0.25, -0.2) is 0 Å². The minimum atomic E-state index is -1.04. The summed E-state index contributed by atoms with van der Waals surface area (Å²) in [6, 6.07) is 7.46. The smallest absolute Gasteiger partial charge is 0.549 e. The van der Waals surface area contributed by atoms with Crippen LogP contribution in [-0.2, 0) is 4.79 Å². The molecule has 0 spiro atoms. The third-order valence-corrected chi connectivity index (χ3v) is 2.68. The van der Waals surface area contributed by atoms with E-state index < -0.39 is 5.97 Å². The van der Waals surface area contributed by atoms with Gasteiger partial charge >= 0.3 is 29.6 Å². The van der Waals surface area contributed by atoms with Crippen LogP contribution in [0.15, 0.2) is 33.6 Å². The molecule has 0 heterocycles. The molecule has 0 radical (unpaired) electrons. The summed E-state index contributed by atoms with van der Waals surface area (Å²) in [5.41, 5.74) is 0. The van der Waals surface area contributed by atoms with Gasteiger partial charge in [-0.15, -0.1) is 11.8 Å². The maximum absolute atomic E-state index is 10.1. The van der Waals surface area contributed by atoms with Gasteiger partial charge in [0.05, 0.1) is 5.97 Å². The van der Waals surface area contributed by atoms with Gasteiger partial charge < -0.3 is 9.90 Å². The average Bonchev–Trinajstić information content (AvgIpc) is 2.03. The first-order valence-electron chi connectivity index (χ1n) is 3.26. The van der Waals surface area contributed by atoms with E-state index in [1.165, 1.54) is 11.8 Å². The number of carbonyl (C=O) groups is 1.